The fraction of sp³-hybridized carbons (Fsp3) is 0.692. The second kappa shape index (κ2) is 4.72. The van der Waals surface area contributed by atoms with E-state index in [-0.39, 0.29) is 5.91 Å². The van der Waals surface area contributed by atoms with Gasteiger partial charge in [-0.05, 0) is 50.3 Å². The molecule has 0 bridgehead atoms. The summed E-state index contributed by atoms with van der Waals surface area (Å²) in [6, 6.07) is 2.09. The first-order valence-corrected chi connectivity index (χ1v) is 6.73. The number of hydrogen-bond donors (Lipinski definition) is 2. The van der Waals surface area contributed by atoms with Crippen LogP contribution in [0.1, 0.15) is 29.8 Å². The Bertz CT molecular complexity index is 442. The number of carbonyl (C=O) groups excluding carboxylic acids is 1. The molecule has 1 aliphatic heterocycles. The van der Waals surface area contributed by atoms with Crippen LogP contribution >= 0.6 is 0 Å². The normalized spacial score (nSPS) is 31.1. The lowest BCUT2D eigenvalue weighted by Gasteiger charge is -2.31. The molecule has 1 unspecified atom stereocenters. The van der Waals surface area contributed by atoms with Gasteiger partial charge >= 0.3 is 0 Å². The van der Waals surface area contributed by atoms with Gasteiger partial charge in [0.15, 0.2) is 0 Å². The number of hydrogen-bond acceptors (Lipinski definition) is 3. The topological polar surface area (TPSA) is 59.0 Å². The number of rotatable bonds is 2. The molecule has 1 aliphatic carbocycles. The van der Waals surface area contributed by atoms with Crippen LogP contribution in [0.3, 0.4) is 0 Å². The number of nitrogens with one attached hydrogen (secondary N) is 2. The molecule has 1 aromatic rings. The zero-order chi connectivity index (χ0) is 12.5. The number of aromatic nitrogens is 2. The van der Waals surface area contributed by atoms with Gasteiger partial charge in [-0.1, -0.05) is 0 Å². The zero-order valence-electron chi connectivity index (χ0n) is 10.7. The van der Waals surface area contributed by atoms with E-state index < -0.39 is 0 Å². The molecule has 98 valence electrons. The molecule has 5 heteroatoms. The highest BCUT2D eigenvalue weighted by molar-refractivity contribution is 5.92. The number of nitrogens with zero attached hydrogens (tertiary/aromatic N) is 2. The van der Waals surface area contributed by atoms with Crippen LogP contribution in [0.2, 0.25) is 0 Å². The lowest BCUT2D eigenvalue weighted by atomic mass is 9.79. The van der Waals surface area contributed by atoms with Crippen molar-refractivity contribution in [3.63, 3.8) is 0 Å². The summed E-state index contributed by atoms with van der Waals surface area (Å²) in [5, 5.41) is 10.6. The van der Waals surface area contributed by atoms with E-state index in [1.54, 1.807) is 24.0 Å². The predicted molar refractivity (Wildman–Crippen MR) is 68.2 cm³/mol. The van der Waals surface area contributed by atoms with Crippen molar-refractivity contribution in [3.05, 3.63) is 18.0 Å². The van der Waals surface area contributed by atoms with E-state index in [9.17, 15) is 4.79 Å². The van der Waals surface area contributed by atoms with Crippen LogP contribution in [0.15, 0.2) is 12.3 Å². The Labute approximate surface area is 107 Å². The Kier molecular flexibility index (Phi) is 3.07. The molecule has 0 spiro atoms. The van der Waals surface area contributed by atoms with Crippen molar-refractivity contribution in [3.8, 4) is 0 Å². The highest BCUT2D eigenvalue weighted by atomic mass is 16.2. The van der Waals surface area contributed by atoms with E-state index in [0.29, 0.717) is 11.7 Å². The van der Waals surface area contributed by atoms with Crippen LogP contribution < -0.4 is 10.6 Å². The number of carbonyl (C=O) groups is 1. The van der Waals surface area contributed by atoms with Crippen molar-refractivity contribution in [2.75, 3.05) is 13.1 Å². The molecule has 3 atom stereocenters. The number of aryl methyl sites for hydroxylation is 1. The van der Waals surface area contributed by atoms with Crippen LogP contribution in [0.5, 0.6) is 0 Å². The highest BCUT2D eigenvalue weighted by Gasteiger charge is 2.34. The maximum atomic E-state index is 12.1. The maximum absolute atomic E-state index is 12.1. The summed E-state index contributed by atoms with van der Waals surface area (Å²) in [4.78, 5) is 12.1. The fourth-order valence-electron chi connectivity index (χ4n) is 3.29. The Hall–Kier alpha value is -1.36. The highest BCUT2D eigenvalue weighted by Crippen LogP contribution is 2.32. The summed E-state index contributed by atoms with van der Waals surface area (Å²) in [6.07, 6.45) is 5.11. The van der Waals surface area contributed by atoms with E-state index in [4.69, 9.17) is 0 Å². The minimum Gasteiger partial charge on any atom is -0.348 e. The van der Waals surface area contributed by atoms with Crippen LogP contribution in [0, 0.1) is 11.8 Å². The Morgan fingerprint density at radius 1 is 1.44 bits per heavy atom. The van der Waals surface area contributed by atoms with Crippen LogP contribution in [-0.4, -0.2) is 34.8 Å². The molecule has 2 N–H and O–H groups in total. The molecule has 18 heavy (non-hydrogen) atoms. The van der Waals surface area contributed by atoms with Gasteiger partial charge in [-0.25, -0.2) is 0 Å². The molecule has 1 aromatic heterocycles. The molecule has 0 aromatic carbocycles. The third-order valence-corrected chi connectivity index (χ3v) is 4.34. The minimum absolute atomic E-state index is 0.00408. The lowest BCUT2D eigenvalue weighted by molar-refractivity contribution is 0.0904. The van der Waals surface area contributed by atoms with E-state index in [1.165, 1.54) is 6.42 Å². The van der Waals surface area contributed by atoms with Crippen molar-refractivity contribution in [1.82, 2.24) is 20.4 Å². The van der Waals surface area contributed by atoms with Gasteiger partial charge < -0.3 is 10.6 Å². The van der Waals surface area contributed by atoms with Gasteiger partial charge in [0.05, 0.1) is 0 Å². The predicted octanol–water partition coefficient (Wildman–Crippen LogP) is 0.538. The molecule has 2 heterocycles. The van der Waals surface area contributed by atoms with Gasteiger partial charge in [0.1, 0.15) is 5.69 Å². The SMILES string of the molecule is Cn1nccc1C(=O)NC1CC[C@H]2CNC[C@H]2C1. The van der Waals surface area contributed by atoms with Crippen molar-refractivity contribution < 1.29 is 4.79 Å². The molecule has 1 saturated heterocycles. The van der Waals surface area contributed by atoms with E-state index >= 15 is 0 Å². The second-order valence-corrected chi connectivity index (χ2v) is 5.50. The first-order chi connectivity index (χ1) is 8.74. The first-order valence-electron chi connectivity index (χ1n) is 6.73. The maximum Gasteiger partial charge on any atom is 0.269 e. The van der Waals surface area contributed by atoms with Gasteiger partial charge in [0, 0.05) is 19.3 Å². The number of amides is 1. The molecule has 2 aliphatic rings. The Morgan fingerprint density at radius 2 is 2.28 bits per heavy atom. The monoisotopic (exact) mass is 248 g/mol. The van der Waals surface area contributed by atoms with Crippen molar-refractivity contribution in [2.45, 2.75) is 25.3 Å². The largest absolute Gasteiger partial charge is 0.348 e. The van der Waals surface area contributed by atoms with Crippen molar-refractivity contribution in [1.29, 1.82) is 0 Å². The van der Waals surface area contributed by atoms with Crippen molar-refractivity contribution >= 4 is 5.91 Å². The van der Waals surface area contributed by atoms with Crippen LogP contribution in [-0.2, 0) is 7.05 Å². The standard InChI is InChI=1S/C13H20N4O/c1-17-12(4-5-15-17)13(18)16-11-3-2-9-7-14-8-10(9)6-11/h4-5,9-11,14H,2-3,6-8H2,1H3,(H,16,18)/t9-,10+,11?/m0/s1. The summed E-state index contributed by atoms with van der Waals surface area (Å²) in [7, 11) is 1.80. The molecule has 3 rings (SSSR count). The third kappa shape index (κ3) is 2.14. The summed E-state index contributed by atoms with van der Waals surface area (Å²) in [5.41, 5.74) is 0.640. The number of fused-ring (bicyclic) bond motifs is 1. The van der Waals surface area contributed by atoms with Gasteiger partial charge in [0.2, 0.25) is 0 Å². The fourth-order valence-corrected chi connectivity index (χ4v) is 3.29. The zero-order valence-corrected chi connectivity index (χ0v) is 10.7. The average Bonchev–Trinajstić information content (AvgIpc) is 2.96. The summed E-state index contributed by atoms with van der Waals surface area (Å²) >= 11 is 0. The minimum atomic E-state index is 0.00408. The molecule has 0 radical (unpaired) electrons. The van der Waals surface area contributed by atoms with Crippen molar-refractivity contribution in [2.24, 2.45) is 18.9 Å². The third-order valence-electron chi connectivity index (χ3n) is 4.34. The summed E-state index contributed by atoms with van der Waals surface area (Å²) in [5.74, 6) is 1.58. The van der Waals surface area contributed by atoms with Gasteiger partial charge in [-0.2, -0.15) is 5.10 Å². The average molecular weight is 248 g/mol. The molecular weight excluding hydrogens is 228 g/mol. The molecule has 2 fully saturated rings. The van der Waals surface area contributed by atoms with Gasteiger partial charge in [-0.15, -0.1) is 0 Å². The molecule has 5 nitrogen and oxygen atoms in total. The molecule has 1 saturated carbocycles. The first kappa shape index (κ1) is 11.7. The van der Waals surface area contributed by atoms with E-state index in [1.807, 2.05) is 0 Å². The summed E-state index contributed by atoms with van der Waals surface area (Å²) < 4.78 is 1.62. The second-order valence-electron chi connectivity index (χ2n) is 5.50. The Morgan fingerprint density at radius 3 is 3.06 bits per heavy atom. The summed E-state index contributed by atoms with van der Waals surface area (Å²) in [6.45, 7) is 2.27. The Balaban J connectivity index is 1.60. The smallest absolute Gasteiger partial charge is 0.269 e. The van der Waals surface area contributed by atoms with Crippen LogP contribution in [0.4, 0.5) is 0 Å². The molecular formula is C13H20N4O. The van der Waals surface area contributed by atoms with E-state index in [0.717, 1.165) is 37.8 Å². The van der Waals surface area contributed by atoms with Crippen LogP contribution in [0.25, 0.3) is 0 Å². The quantitative estimate of drug-likeness (QED) is 0.803. The molecule has 1 amide bonds. The van der Waals surface area contributed by atoms with E-state index in [2.05, 4.69) is 15.7 Å². The lowest BCUT2D eigenvalue weighted by Crippen LogP contribution is -2.41. The van der Waals surface area contributed by atoms with Gasteiger partial charge in [0.25, 0.3) is 5.91 Å². The van der Waals surface area contributed by atoms with Gasteiger partial charge in [-0.3, -0.25) is 9.48 Å².